The van der Waals surface area contributed by atoms with Crippen molar-refractivity contribution in [3.8, 4) is 11.5 Å². The van der Waals surface area contributed by atoms with Gasteiger partial charge in [-0.05, 0) is 37.3 Å². The van der Waals surface area contributed by atoms with Gasteiger partial charge in [-0.3, -0.25) is 20.4 Å². The van der Waals surface area contributed by atoms with Crippen molar-refractivity contribution in [2.75, 3.05) is 13.2 Å². The summed E-state index contributed by atoms with van der Waals surface area (Å²) in [7, 11) is 0. The maximum Gasteiger partial charge on any atom is 0.269 e. The fourth-order valence-electron chi connectivity index (χ4n) is 2.36. The molecule has 0 saturated heterocycles. The zero-order chi connectivity index (χ0) is 18.4. The predicted octanol–water partition coefficient (Wildman–Crippen LogP) is 2.79. The normalized spacial score (nSPS) is 14.0. The number of benzene rings is 2. The quantitative estimate of drug-likeness (QED) is 0.638. The first-order valence-corrected chi connectivity index (χ1v) is 9.23. The van der Waals surface area contributed by atoms with Crippen molar-refractivity contribution < 1.29 is 19.1 Å². The molecule has 1 atom stereocenters. The Morgan fingerprint density at radius 2 is 1.73 bits per heavy atom. The van der Waals surface area contributed by atoms with Crippen molar-refractivity contribution in [2.45, 2.75) is 23.5 Å². The number of ether oxygens (including phenoxy) is 2. The number of fused-ring (bicyclic) bond motifs is 1. The van der Waals surface area contributed by atoms with E-state index in [1.54, 1.807) is 31.2 Å². The molecular weight excluding hydrogens is 352 g/mol. The van der Waals surface area contributed by atoms with Crippen molar-refractivity contribution >= 4 is 23.6 Å². The fourth-order valence-corrected chi connectivity index (χ4v) is 3.25. The van der Waals surface area contributed by atoms with Crippen LogP contribution in [0.25, 0.3) is 0 Å². The molecular formula is C19H20N2O4S. The topological polar surface area (TPSA) is 76.7 Å². The molecule has 7 heteroatoms. The Bertz CT molecular complexity index is 782. The van der Waals surface area contributed by atoms with Crippen molar-refractivity contribution in [2.24, 2.45) is 0 Å². The molecule has 0 saturated carbocycles. The lowest BCUT2D eigenvalue weighted by Crippen LogP contribution is -2.44. The second kappa shape index (κ2) is 8.62. The van der Waals surface area contributed by atoms with Crippen LogP contribution in [0, 0.1) is 0 Å². The zero-order valence-electron chi connectivity index (χ0n) is 14.4. The van der Waals surface area contributed by atoms with Gasteiger partial charge in [-0.2, -0.15) is 0 Å². The highest BCUT2D eigenvalue weighted by molar-refractivity contribution is 8.00. The summed E-state index contributed by atoms with van der Waals surface area (Å²) < 4.78 is 11.3. The molecule has 3 rings (SSSR count). The summed E-state index contributed by atoms with van der Waals surface area (Å²) in [4.78, 5) is 25.1. The van der Waals surface area contributed by atoms with E-state index in [9.17, 15) is 9.59 Å². The van der Waals surface area contributed by atoms with Crippen LogP contribution in [0.2, 0.25) is 0 Å². The summed E-state index contributed by atoms with van der Waals surface area (Å²) in [6.45, 7) is 3.03. The van der Waals surface area contributed by atoms with E-state index in [2.05, 4.69) is 10.9 Å². The number of carbonyl (C=O) groups excluding carboxylic acids is 2. The van der Waals surface area contributed by atoms with Gasteiger partial charge < -0.3 is 9.47 Å². The average molecular weight is 372 g/mol. The summed E-state index contributed by atoms with van der Waals surface area (Å²) in [5.74, 6) is 0.773. The molecule has 0 unspecified atom stereocenters. The molecule has 2 aromatic rings. The maximum absolute atomic E-state index is 12.2. The Hall–Kier alpha value is -2.67. The molecule has 2 N–H and O–H groups in total. The Labute approximate surface area is 156 Å². The first kappa shape index (κ1) is 18.1. The Morgan fingerprint density at radius 3 is 2.50 bits per heavy atom. The zero-order valence-corrected chi connectivity index (χ0v) is 15.2. The molecule has 1 aliphatic rings. The minimum Gasteiger partial charge on any atom is -0.490 e. The smallest absolute Gasteiger partial charge is 0.269 e. The van der Waals surface area contributed by atoms with Crippen LogP contribution in [0.1, 0.15) is 23.7 Å². The minimum absolute atomic E-state index is 0.286. The summed E-state index contributed by atoms with van der Waals surface area (Å²) in [5.41, 5.74) is 5.37. The van der Waals surface area contributed by atoms with Crippen LogP contribution in [0.4, 0.5) is 0 Å². The van der Waals surface area contributed by atoms with Gasteiger partial charge in [0.25, 0.3) is 11.8 Å². The lowest BCUT2D eigenvalue weighted by atomic mass is 10.2. The molecule has 136 valence electrons. The van der Waals surface area contributed by atoms with Crippen LogP contribution in [0.3, 0.4) is 0 Å². The van der Waals surface area contributed by atoms with Gasteiger partial charge in [0, 0.05) is 16.9 Å². The average Bonchev–Trinajstić information content (AvgIpc) is 2.91. The van der Waals surface area contributed by atoms with Gasteiger partial charge >= 0.3 is 0 Å². The molecule has 1 heterocycles. The van der Waals surface area contributed by atoms with Gasteiger partial charge in [-0.25, -0.2) is 0 Å². The van der Waals surface area contributed by atoms with E-state index in [-0.39, 0.29) is 11.8 Å². The van der Waals surface area contributed by atoms with Gasteiger partial charge in [-0.15, -0.1) is 11.8 Å². The van der Waals surface area contributed by atoms with Gasteiger partial charge in [0.1, 0.15) is 0 Å². The minimum atomic E-state index is -0.393. The van der Waals surface area contributed by atoms with E-state index >= 15 is 0 Å². The van der Waals surface area contributed by atoms with E-state index in [4.69, 9.17) is 9.47 Å². The third kappa shape index (κ3) is 4.70. The number of hydrazine groups is 1. The molecule has 0 radical (unpaired) electrons. The SMILES string of the molecule is C[C@@H](Sc1ccc2c(c1)OCCCO2)C(=O)NNC(=O)c1ccccc1. The summed E-state index contributed by atoms with van der Waals surface area (Å²) in [6.07, 6.45) is 0.844. The number of amides is 2. The molecule has 0 spiro atoms. The highest BCUT2D eigenvalue weighted by Gasteiger charge is 2.17. The molecule has 0 fully saturated rings. The van der Waals surface area contributed by atoms with E-state index < -0.39 is 5.25 Å². The largest absolute Gasteiger partial charge is 0.490 e. The number of carbonyl (C=O) groups is 2. The lowest BCUT2D eigenvalue weighted by molar-refractivity contribution is -0.121. The number of thioether (sulfide) groups is 1. The van der Waals surface area contributed by atoms with Gasteiger partial charge in [-0.1, -0.05) is 18.2 Å². The third-order valence-corrected chi connectivity index (χ3v) is 4.83. The maximum atomic E-state index is 12.2. The molecule has 0 bridgehead atoms. The third-order valence-electron chi connectivity index (χ3n) is 3.74. The monoisotopic (exact) mass is 372 g/mol. The Kier molecular flexibility index (Phi) is 6.01. The van der Waals surface area contributed by atoms with Gasteiger partial charge in [0.05, 0.1) is 18.5 Å². The number of hydrogen-bond donors (Lipinski definition) is 2. The number of rotatable bonds is 4. The van der Waals surface area contributed by atoms with Crippen molar-refractivity contribution in [1.82, 2.24) is 10.9 Å². The molecule has 0 aromatic heterocycles. The van der Waals surface area contributed by atoms with Crippen LogP contribution < -0.4 is 20.3 Å². The standard InChI is InChI=1S/C19H20N2O4S/c1-13(18(22)20-21-19(23)14-6-3-2-4-7-14)26-15-8-9-16-17(12-15)25-11-5-10-24-16/h2-4,6-9,12-13H,5,10-11H2,1H3,(H,20,22)(H,21,23)/t13-/m1/s1. The summed E-state index contributed by atoms with van der Waals surface area (Å²) in [5, 5.41) is -0.393. The molecule has 6 nitrogen and oxygen atoms in total. The van der Waals surface area contributed by atoms with Crippen molar-refractivity contribution in [3.63, 3.8) is 0 Å². The second-order valence-electron chi connectivity index (χ2n) is 5.73. The van der Waals surface area contributed by atoms with E-state index in [0.717, 1.165) is 17.1 Å². The van der Waals surface area contributed by atoms with Crippen LogP contribution in [-0.4, -0.2) is 30.3 Å². The fraction of sp³-hybridized carbons (Fsp3) is 0.263. The molecule has 0 aliphatic carbocycles. The second-order valence-corrected chi connectivity index (χ2v) is 7.14. The van der Waals surface area contributed by atoms with Crippen LogP contribution in [-0.2, 0) is 4.79 Å². The van der Waals surface area contributed by atoms with Crippen LogP contribution >= 0.6 is 11.8 Å². The molecule has 26 heavy (non-hydrogen) atoms. The lowest BCUT2D eigenvalue weighted by Gasteiger charge is -2.14. The molecule has 1 aliphatic heterocycles. The van der Waals surface area contributed by atoms with Gasteiger partial charge in [0.15, 0.2) is 11.5 Å². The molecule has 2 amide bonds. The highest BCUT2D eigenvalue weighted by atomic mass is 32.2. The number of hydrogen-bond acceptors (Lipinski definition) is 5. The summed E-state index contributed by atoms with van der Waals surface area (Å²) >= 11 is 1.38. The van der Waals surface area contributed by atoms with Crippen molar-refractivity contribution in [1.29, 1.82) is 0 Å². The van der Waals surface area contributed by atoms with E-state index in [0.29, 0.717) is 24.5 Å². The Balaban J connectivity index is 1.54. The van der Waals surface area contributed by atoms with E-state index in [1.165, 1.54) is 11.8 Å². The Morgan fingerprint density at radius 1 is 1.00 bits per heavy atom. The first-order valence-electron chi connectivity index (χ1n) is 8.35. The van der Waals surface area contributed by atoms with Gasteiger partial charge in [0.2, 0.25) is 0 Å². The first-order chi connectivity index (χ1) is 12.6. The van der Waals surface area contributed by atoms with Crippen LogP contribution in [0.15, 0.2) is 53.4 Å². The van der Waals surface area contributed by atoms with Crippen molar-refractivity contribution in [3.05, 3.63) is 54.1 Å². The molecule has 2 aromatic carbocycles. The highest BCUT2D eigenvalue weighted by Crippen LogP contribution is 2.35. The van der Waals surface area contributed by atoms with E-state index in [1.807, 2.05) is 24.3 Å². The summed E-state index contributed by atoms with van der Waals surface area (Å²) in [6, 6.07) is 14.3. The number of nitrogens with one attached hydrogen (secondary N) is 2. The van der Waals surface area contributed by atoms with Crippen LogP contribution in [0.5, 0.6) is 11.5 Å². The predicted molar refractivity (Wildman–Crippen MR) is 99.4 cm³/mol.